The molecule has 0 atom stereocenters. The fourth-order valence-electron chi connectivity index (χ4n) is 3.19. The molecule has 6 heteroatoms. The second kappa shape index (κ2) is 7.25. The third-order valence-corrected chi connectivity index (χ3v) is 5.41. The number of likely N-dealkylation sites (N-methyl/N-ethyl adjacent to an activating group) is 1. The number of hydrogen-bond donors (Lipinski definition) is 2. The van der Waals surface area contributed by atoms with Gasteiger partial charge in [0, 0.05) is 35.1 Å². The zero-order valence-corrected chi connectivity index (χ0v) is 16.0. The summed E-state index contributed by atoms with van der Waals surface area (Å²) in [5.74, 6) is -0.0549. The molecule has 0 fully saturated rings. The predicted molar refractivity (Wildman–Crippen MR) is 110 cm³/mol. The summed E-state index contributed by atoms with van der Waals surface area (Å²) in [6.45, 7) is 2.32. The maximum Gasteiger partial charge on any atom is 0.239 e. The average molecular weight is 376 g/mol. The average Bonchev–Trinajstić information content (AvgIpc) is 3.28. The van der Waals surface area contributed by atoms with Crippen molar-refractivity contribution in [2.45, 2.75) is 13.5 Å². The fraction of sp³-hybridized carbons (Fsp3) is 0.143. The first-order chi connectivity index (χ1) is 13.2. The van der Waals surface area contributed by atoms with E-state index in [9.17, 15) is 4.79 Å². The number of hydrogen-bond acceptors (Lipinski definition) is 3. The van der Waals surface area contributed by atoms with Crippen LogP contribution in [0.15, 0.2) is 65.1 Å². The normalized spacial score (nSPS) is 11.9. The number of carbonyl (C=O) groups excluding carboxylic acids is 1. The van der Waals surface area contributed by atoms with E-state index in [4.69, 9.17) is 4.99 Å². The molecule has 4 aromatic rings. The maximum absolute atomic E-state index is 12.2. The van der Waals surface area contributed by atoms with Crippen LogP contribution in [-0.2, 0) is 11.3 Å². The Bertz CT molecular complexity index is 1170. The van der Waals surface area contributed by atoms with E-state index in [1.54, 1.807) is 7.05 Å². The minimum atomic E-state index is -0.0549. The van der Waals surface area contributed by atoms with E-state index in [-0.39, 0.29) is 12.5 Å². The molecule has 5 nitrogen and oxygen atoms in total. The van der Waals surface area contributed by atoms with Gasteiger partial charge >= 0.3 is 0 Å². The highest BCUT2D eigenvalue weighted by Gasteiger charge is 2.15. The molecule has 0 saturated heterocycles. The second-order valence-corrected chi connectivity index (χ2v) is 7.15. The predicted octanol–water partition coefficient (Wildman–Crippen LogP) is 3.98. The summed E-state index contributed by atoms with van der Waals surface area (Å²) in [7, 11) is 1.65. The lowest BCUT2D eigenvalue weighted by molar-refractivity contribution is -0.121. The molecule has 0 aliphatic heterocycles. The first-order valence-corrected chi connectivity index (χ1v) is 9.61. The van der Waals surface area contributed by atoms with Crippen LogP contribution < -0.4 is 10.1 Å². The summed E-state index contributed by atoms with van der Waals surface area (Å²) in [5.41, 5.74) is 5.22. The molecule has 0 aliphatic carbocycles. The van der Waals surface area contributed by atoms with Crippen LogP contribution in [0.5, 0.6) is 0 Å². The number of aromatic nitrogens is 2. The molecule has 27 heavy (non-hydrogen) atoms. The van der Waals surface area contributed by atoms with Gasteiger partial charge < -0.3 is 14.9 Å². The van der Waals surface area contributed by atoms with Gasteiger partial charge in [0.25, 0.3) is 0 Å². The van der Waals surface area contributed by atoms with Gasteiger partial charge in [-0.3, -0.25) is 4.79 Å². The minimum Gasteiger partial charge on any atom is -0.360 e. The fourth-order valence-corrected chi connectivity index (χ4v) is 4.11. The number of thiazole rings is 1. The number of H-pyrrole nitrogens is 1. The van der Waals surface area contributed by atoms with Crippen molar-refractivity contribution in [1.82, 2.24) is 14.9 Å². The number of para-hydroxylation sites is 1. The summed E-state index contributed by atoms with van der Waals surface area (Å²) in [6, 6.07) is 16.0. The molecule has 0 radical (unpaired) electrons. The molecule has 1 amide bonds. The molecule has 4 rings (SSSR count). The molecule has 0 saturated carbocycles. The van der Waals surface area contributed by atoms with Gasteiger partial charge in [-0.05, 0) is 30.7 Å². The number of fused-ring (bicyclic) bond motifs is 1. The standard InChI is InChI=1S/C21H20N4OS/c1-14-7-6-10-17-20(14)16(11-23-17)18-13-27-21(25(18)12-19(26)22-2)24-15-8-4-3-5-9-15/h3-11,13,23H,12H2,1-2H3,(H,22,26). The molecule has 136 valence electrons. The van der Waals surface area contributed by atoms with Gasteiger partial charge in [0.15, 0.2) is 4.80 Å². The van der Waals surface area contributed by atoms with E-state index in [0.717, 1.165) is 27.3 Å². The van der Waals surface area contributed by atoms with Crippen molar-refractivity contribution >= 4 is 33.8 Å². The molecule has 0 bridgehead atoms. The summed E-state index contributed by atoms with van der Waals surface area (Å²) in [5, 5.41) is 5.95. The lowest BCUT2D eigenvalue weighted by atomic mass is 10.1. The smallest absolute Gasteiger partial charge is 0.239 e. The molecule has 2 heterocycles. The number of carbonyl (C=O) groups is 1. The van der Waals surface area contributed by atoms with Crippen LogP contribution in [0.4, 0.5) is 5.69 Å². The summed E-state index contributed by atoms with van der Waals surface area (Å²) < 4.78 is 1.98. The van der Waals surface area contributed by atoms with Crippen molar-refractivity contribution in [3.63, 3.8) is 0 Å². The Kier molecular flexibility index (Phi) is 4.64. The largest absolute Gasteiger partial charge is 0.360 e. The van der Waals surface area contributed by atoms with Gasteiger partial charge in [-0.25, -0.2) is 4.99 Å². The highest BCUT2D eigenvalue weighted by molar-refractivity contribution is 7.07. The molecular formula is C21H20N4OS. The Morgan fingerprint density at radius 2 is 2.00 bits per heavy atom. The Morgan fingerprint density at radius 3 is 2.78 bits per heavy atom. The number of benzene rings is 2. The molecule has 2 aromatic carbocycles. The third-order valence-electron chi connectivity index (χ3n) is 4.55. The Labute approximate surface area is 161 Å². The van der Waals surface area contributed by atoms with Crippen LogP contribution in [0.3, 0.4) is 0 Å². The number of aryl methyl sites for hydroxylation is 1. The van der Waals surface area contributed by atoms with Crippen molar-refractivity contribution < 1.29 is 4.79 Å². The van der Waals surface area contributed by atoms with E-state index in [1.165, 1.54) is 22.3 Å². The van der Waals surface area contributed by atoms with Gasteiger partial charge in [0.1, 0.15) is 6.54 Å². The van der Waals surface area contributed by atoms with Gasteiger partial charge in [0.2, 0.25) is 5.91 Å². The van der Waals surface area contributed by atoms with Crippen LogP contribution in [0.1, 0.15) is 5.56 Å². The monoisotopic (exact) mass is 376 g/mol. The zero-order chi connectivity index (χ0) is 18.8. The van der Waals surface area contributed by atoms with E-state index in [0.29, 0.717) is 0 Å². The van der Waals surface area contributed by atoms with Gasteiger partial charge in [-0.1, -0.05) is 30.3 Å². The van der Waals surface area contributed by atoms with Crippen LogP contribution in [-0.4, -0.2) is 22.5 Å². The van der Waals surface area contributed by atoms with Crippen LogP contribution >= 0.6 is 11.3 Å². The second-order valence-electron chi connectivity index (χ2n) is 6.31. The van der Waals surface area contributed by atoms with Crippen molar-refractivity contribution in [3.8, 4) is 11.3 Å². The number of rotatable bonds is 4. The summed E-state index contributed by atoms with van der Waals surface area (Å²) >= 11 is 1.54. The van der Waals surface area contributed by atoms with Crippen molar-refractivity contribution in [2.24, 2.45) is 4.99 Å². The zero-order valence-electron chi connectivity index (χ0n) is 15.2. The molecule has 2 aromatic heterocycles. The molecule has 0 spiro atoms. The number of amides is 1. The maximum atomic E-state index is 12.2. The molecule has 0 unspecified atom stereocenters. The highest BCUT2D eigenvalue weighted by Crippen LogP contribution is 2.31. The SMILES string of the molecule is CNC(=O)Cn1c(-c2c[nH]c3cccc(C)c23)csc1=Nc1ccccc1. The van der Waals surface area contributed by atoms with Crippen LogP contribution in [0.25, 0.3) is 22.2 Å². The topological polar surface area (TPSA) is 62.2 Å². The molecular weight excluding hydrogens is 356 g/mol. The van der Waals surface area contributed by atoms with Gasteiger partial charge in [0.05, 0.1) is 11.4 Å². The highest BCUT2D eigenvalue weighted by atomic mass is 32.1. The van der Waals surface area contributed by atoms with Gasteiger partial charge in [-0.15, -0.1) is 11.3 Å². The van der Waals surface area contributed by atoms with Crippen LogP contribution in [0, 0.1) is 6.92 Å². The summed E-state index contributed by atoms with van der Waals surface area (Å²) in [6.07, 6.45) is 2.01. The lowest BCUT2D eigenvalue weighted by Gasteiger charge is -2.08. The summed E-state index contributed by atoms with van der Waals surface area (Å²) in [4.78, 5) is 21.0. The van der Waals surface area contributed by atoms with Crippen molar-refractivity contribution in [1.29, 1.82) is 0 Å². The Balaban J connectivity index is 1.93. The van der Waals surface area contributed by atoms with E-state index < -0.39 is 0 Å². The first kappa shape index (κ1) is 17.3. The molecule has 0 aliphatic rings. The van der Waals surface area contributed by atoms with Gasteiger partial charge in [-0.2, -0.15) is 0 Å². The number of nitrogens with zero attached hydrogens (tertiary/aromatic N) is 2. The van der Waals surface area contributed by atoms with E-state index >= 15 is 0 Å². The van der Waals surface area contributed by atoms with Crippen LogP contribution in [0.2, 0.25) is 0 Å². The third kappa shape index (κ3) is 3.31. The van der Waals surface area contributed by atoms with Crippen molar-refractivity contribution in [2.75, 3.05) is 7.05 Å². The molecule has 2 N–H and O–H groups in total. The van der Waals surface area contributed by atoms with E-state index in [2.05, 4.69) is 34.7 Å². The number of aromatic amines is 1. The van der Waals surface area contributed by atoms with Crippen molar-refractivity contribution in [3.05, 3.63) is 70.5 Å². The number of nitrogens with one attached hydrogen (secondary N) is 2. The quantitative estimate of drug-likeness (QED) is 0.556. The lowest BCUT2D eigenvalue weighted by Crippen LogP contribution is -2.28. The first-order valence-electron chi connectivity index (χ1n) is 8.73. The van der Waals surface area contributed by atoms with E-state index in [1.807, 2.05) is 47.2 Å². The Morgan fingerprint density at radius 1 is 1.19 bits per heavy atom. The Hall–Kier alpha value is -3.12. The minimum absolute atomic E-state index is 0.0549.